The molecule has 4 nitrogen and oxygen atoms in total. The zero-order chi connectivity index (χ0) is 8.55. The predicted octanol–water partition coefficient (Wildman–Crippen LogP) is -0.854. The van der Waals surface area contributed by atoms with Crippen LogP contribution in [-0.4, -0.2) is 48.2 Å². The molecule has 4 heteroatoms. The Hall–Kier alpha value is -0.870. The van der Waals surface area contributed by atoms with Crippen LogP contribution < -0.4 is 0 Å². The Kier molecular flexibility index (Phi) is 1.86. The summed E-state index contributed by atoms with van der Waals surface area (Å²) in [6.07, 6.45) is 0.624. The van der Waals surface area contributed by atoms with Gasteiger partial charge >= 0.3 is 0 Å². The standard InChI is InChI=1S/C8H11NO3/c10-7-5-6(8(7)11)9-1-3-12-4-2-9/h5,8,11H,1-4H2. The van der Waals surface area contributed by atoms with Crippen LogP contribution in [0.25, 0.3) is 0 Å². The summed E-state index contributed by atoms with van der Waals surface area (Å²) in [5.74, 6) is -0.184. The molecule has 0 amide bonds. The van der Waals surface area contributed by atoms with E-state index in [2.05, 4.69) is 0 Å². The summed E-state index contributed by atoms with van der Waals surface area (Å²) in [7, 11) is 0. The van der Waals surface area contributed by atoms with Gasteiger partial charge in [0, 0.05) is 19.2 Å². The Morgan fingerprint density at radius 2 is 2.17 bits per heavy atom. The highest BCUT2D eigenvalue weighted by atomic mass is 16.5. The molecule has 1 saturated heterocycles. The van der Waals surface area contributed by atoms with E-state index in [-0.39, 0.29) is 5.78 Å². The van der Waals surface area contributed by atoms with Gasteiger partial charge in [0.2, 0.25) is 0 Å². The van der Waals surface area contributed by atoms with E-state index < -0.39 is 6.10 Å². The number of rotatable bonds is 1. The number of hydrogen-bond acceptors (Lipinski definition) is 4. The number of hydrogen-bond donors (Lipinski definition) is 1. The third-order valence-corrected chi connectivity index (χ3v) is 2.22. The van der Waals surface area contributed by atoms with E-state index in [0.717, 1.165) is 18.8 Å². The van der Waals surface area contributed by atoms with E-state index >= 15 is 0 Å². The fraction of sp³-hybridized carbons (Fsp3) is 0.625. The zero-order valence-electron chi connectivity index (χ0n) is 6.69. The molecule has 2 rings (SSSR count). The van der Waals surface area contributed by atoms with Gasteiger partial charge < -0.3 is 14.7 Å². The van der Waals surface area contributed by atoms with Crippen molar-refractivity contribution in [3.05, 3.63) is 11.8 Å². The maximum atomic E-state index is 10.7. The summed E-state index contributed by atoms with van der Waals surface area (Å²) in [5.41, 5.74) is 0.753. The number of carbonyl (C=O) groups excluding carboxylic acids is 1. The lowest BCUT2D eigenvalue weighted by molar-refractivity contribution is -0.125. The van der Waals surface area contributed by atoms with Crippen LogP contribution in [0.3, 0.4) is 0 Å². The molecule has 0 spiro atoms. The van der Waals surface area contributed by atoms with Crippen LogP contribution in [0.1, 0.15) is 0 Å². The van der Waals surface area contributed by atoms with Crippen molar-refractivity contribution in [1.29, 1.82) is 0 Å². The number of aliphatic hydroxyl groups is 1. The molecule has 1 unspecified atom stereocenters. The van der Waals surface area contributed by atoms with E-state index in [1.807, 2.05) is 4.90 Å². The third-order valence-electron chi connectivity index (χ3n) is 2.22. The normalized spacial score (nSPS) is 29.8. The van der Waals surface area contributed by atoms with E-state index in [4.69, 9.17) is 4.74 Å². The van der Waals surface area contributed by atoms with Crippen LogP contribution in [0.15, 0.2) is 11.8 Å². The Morgan fingerprint density at radius 3 is 2.67 bits per heavy atom. The number of carbonyl (C=O) groups is 1. The minimum atomic E-state index is -0.872. The summed E-state index contributed by atoms with van der Waals surface area (Å²) in [5, 5.41) is 9.23. The average Bonchev–Trinajstić information content (AvgIpc) is 2.15. The molecule has 66 valence electrons. The first-order valence-corrected chi connectivity index (χ1v) is 4.05. The lowest BCUT2D eigenvalue weighted by Crippen LogP contribution is -2.45. The van der Waals surface area contributed by atoms with Gasteiger partial charge in [0.1, 0.15) is 0 Å². The van der Waals surface area contributed by atoms with Crippen molar-refractivity contribution in [3.63, 3.8) is 0 Å². The minimum Gasteiger partial charge on any atom is -0.379 e. The zero-order valence-corrected chi connectivity index (χ0v) is 6.69. The SMILES string of the molecule is O=C1C=C(N2CCOCC2)C1O. The second-order valence-corrected chi connectivity index (χ2v) is 2.97. The summed E-state index contributed by atoms with van der Waals surface area (Å²) >= 11 is 0. The summed E-state index contributed by atoms with van der Waals surface area (Å²) in [4.78, 5) is 12.7. The van der Waals surface area contributed by atoms with Gasteiger partial charge in [-0.1, -0.05) is 0 Å². The maximum absolute atomic E-state index is 10.7. The molecular weight excluding hydrogens is 158 g/mol. The molecule has 2 aliphatic rings. The van der Waals surface area contributed by atoms with Crippen LogP contribution >= 0.6 is 0 Å². The van der Waals surface area contributed by atoms with Crippen molar-refractivity contribution >= 4 is 5.78 Å². The van der Waals surface area contributed by atoms with Gasteiger partial charge in [0.25, 0.3) is 0 Å². The molecule has 0 saturated carbocycles. The third kappa shape index (κ3) is 1.13. The van der Waals surface area contributed by atoms with Crippen LogP contribution in [0.4, 0.5) is 0 Å². The van der Waals surface area contributed by atoms with Crippen LogP contribution in [0.5, 0.6) is 0 Å². The molecule has 0 bridgehead atoms. The summed E-state index contributed by atoms with van der Waals surface area (Å²) in [6, 6.07) is 0. The van der Waals surface area contributed by atoms with E-state index in [0.29, 0.717) is 13.2 Å². The van der Waals surface area contributed by atoms with Gasteiger partial charge in [0.15, 0.2) is 11.9 Å². The molecule has 1 aliphatic carbocycles. The van der Waals surface area contributed by atoms with Crippen molar-refractivity contribution in [2.24, 2.45) is 0 Å². The van der Waals surface area contributed by atoms with E-state index in [1.165, 1.54) is 6.08 Å². The Bertz CT molecular complexity index is 230. The average molecular weight is 169 g/mol. The molecule has 0 radical (unpaired) electrons. The van der Waals surface area contributed by atoms with Gasteiger partial charge in [-0.05, 0) is 0 Å². The van der Waals surface area contributed by atoms with Gasteiger partial charge in [-0.3, -0.25) is 4.79 Å². The first-order chi connectivity index (χ1) is 5.79. The molecule has 1 fully saturated rings. The molecule has 1 heterocycles. The van der Waals surface area contributed by atoms with Gasteiger partial charge in [-0.25, -0.2) is 0 Å². The lowest BCUT2D eigenvalue weighted by Gasteiger charge is -2.36. The lowest BCUT2D eigenvalue weighted by atomic mass is 9.99. The number of aliphatic hydroxyl groups excluding tert-OH is 1. The first kappa shape index (κ1) is 7.76. The molecule has 0 aromatic heterocycles. The van der Waals surface area contributed by atoms with Crippen LogP contribution in [0.2, 0.25) is 0 Å². The monoisotopic (exact) mass is 169 g/mol. The largest absolute Gasteiger partial charge is 0.379 e. The Morgan fingerprint density at radius 1 is 1.50 bits per heavy atom. The predicted molar refractivity (Wildman–Crippen MR) is 41.5 cm³/mol. The smallest absolute Gasteiger partial charge is 0.191 e. The molecule has 0 aromatic carbocycles. The number of morpholine rings is 1. The van der Waals surface area contributed by atoms with E-state index in [1.54, 1.807) is 0 Å². The summed E-state index contributed by atoms with van der Waals surface area (Å²) in [6.45, 7) is 2.91. The van der Waals surface area contributed by atoms with Gasteiger partial charge in [-0.15, -0.1) is 0 Å². The fourth-order valence-corrected chi connectivity index (χ4v) is 1.44. The second kappa shape index (κ2) is 2.88. The highest BCUT2D eigenvalue weighted by Crippen LogP contribution is 2.20. The fourth-order valence-electron chi connectivity index (χ4n) is 1.44. The molecular formula is C8H11NO3. The van der Waals surface area contributed by atoms with Crippen molar-refractivity contribution < 1.29 is 14.6 Å². The second-order valence-electron chi connectivity index (χ2n) is 2.97. The number of ketones is 1. The number of nitrogens with zero attached hydrogens (tertiary/aromatic N) is 1. The summed E-state index contributed by atoms with van der Waals surface area (Å²) < 4.78 is 5.15. The van der Waals surface area contributed by atoms with Crippen molar-refractivity contribution in [2.75, 3.05) is 26.3 Å². The van der Waals surface area contributed by atoms with Gasteiger partial charge in [0.05, 0.1) is 18.9 Å². The van der Waals surface area contributed by atoms with Crippen LogP contribution in [0, 0.1) is 0 Å². The highest BCUT2D eigenvalue weighted by molar-refractivity contribution is 6.03. The molecule has 0 aromatic rings. The maximum Gasteiger partial charge on any atom is 0.191 e. The van der Waals surface area contributed by atoms with Crippen molar-refractivity contribution in [3.8, 4) is 0 Å². The van der Waals surface area contributed by atoms with Gasteiger partial charge in [-0.2, -0.15) is 0 Å². The quantitative estimate of drug-likeness (QED) is 0.555. The Labute approximate surface area is 70.4 Å². The molecule has 1 atom stereocenters. The minimum absolute atomic E-state index is 0.184. The molecule has 1 aliphatic heterocycles. The highest BCUT2D eigenvalue weighted by Gasteiger charge is 2.32. The number of ether oxygens (including phenoxy) is 1. The van der Waals surface area contributed by atoms with Crippen molar-refractivity contribution in [1.82, 2.24) is 4.90 Å². The van der Waals surface area contributed by atoms with Crippen LogP contribution in [-0.2, 0) is 9.53 Å². The topological polar surface area (TPSA) is 49.8 Å². The first-order valence-electron chi connectivity index (χ1n) is 4.05. The van der Waals surface area contributed by atoms with E-state index in [9.17, 15) is 9.90 Å². The molecule has 12 heavy (non-hydrogen) atoms. The van der Waals surface area contributed by atoms with Crippen molar-refractivity contribution in [2.45, 2.75) is 6.10 Å². The Balaban J connectivity index is 2.01. The molecule has 1 N–H and O–H groups in total.